The number of halogens is 1. The molecule has 1 aromatic heterocycles. The molecule has 0 amide bonds. The van der Waals surface area contributed by atoms with E-state index in [1.165, 1.54) is 0 Å². The summed E-state index contributed by atoms with van der Waals surface area (Å²) in [7, 11) is 0. The minimum Gasteiger partial charge on any atom is -0.353 e. The number of pyridine rings is 1. The summed E-state index contributed by atoms with van der Waals surface area (Å²) in [5, 5.41) is 9.30. The van der Waals surface area contributed by atoms with Gasteiger partial charge in [0.1, 0.15) is 5.82 Å². The van der Waals surface area contributed by atoms with Crippen molar-refractivity contribution in [2.24, 2.45) is 0 Å². The van der Waals surface area contributed by atoms with E-state index in [1.807, 2.05) is 12.1 Å². The zero-order chi connectivity index (χ0) is 11.4. The average molecular weight is 237 g/mol. The van der Waals surface area contributed by atoms with E-state index in [1.54, 1.807) is 6.20 Å². The summed E-state index contributed by atoms with van der Waals surface area (Å²) in [4.78, 5) is 8.58. The van der Waals surface area contributed by atoms with Crippen molar-refractivity contribution < 1.29 is 0 Å². The van der Waals surface area contributed by atoms with Crippen LogP contribution in [0.1, 0.15) is 0 Å². The van der Waals surface area contributed by atoms with E-state index in [2.05, 4.69) is 20.9 Å². The van der Waals surface area contributed by atoms with Crippen LogP contribution in [0.15, 0.2) is 18.3 Å². The smallest absolute Gasteiger partial charge is 0.147 e. The standard InChI is InChI=1S/C11H13ClN4/c12-10-2-1-4-14-11(10)16-8-6-15(5-3-13)7-9-16/h1-2,4H,5-9H2. The third kappa shape index (κ3) is 2.43. The lowest BCUT2D eigenvalue weighted by atomic mass is 10.3. The van der Waals surface area contributed by atoms with E-state index >= 15 is 0 Å². The number of rotatable bonds is 2. The normalized spacial score (nSPS) is 17.1. The second-order valence-corrected chi connectivity index (χ2v) is 4.14. The molecule has 0 saturated carbocycles. The van der Waals surface area contributed by atoms with Gasteiger partial charge in [0.2, 0.25) is 0 Å². The Morgan fingerprint density at radius 1 is 1.38 bits per heavy atom. The molecule has 84 valence electrons. The van der Waals surface area contributed by atoms with Crippen molar-refractivity contribution in [3.63, 3.8) is 0 Å². The fourth-order valence-corrected chi connectivity index (χ4v) is 2.07. The van der Waals surface area contributed by atoms with Crippen molar-refractivity contribution >= 4 is 17.4 Å². The highest BCUT2D eigenvalue weighted by Crippen LogP contribution is 2.23. The van der Waals surface area contributed by atoms with E-state index in [0.717, 1.165) is 32.0 Å². The Kier molecular flexibility index (Phi) is 3.60. The second kappa shape index (κ2) is 5.15. The molecule has 2 heterocycles. The summed E-state index contributed by atoms with van der Waals surface area (Å²) in [6.07, 6.45) is 1.75. The van der Waals surface area contributed by atoms with Crippen LogP contribution in [0.3, 0.4) is 0 Å². The van der Waals surface area contributed by atoms with E-state index < -0.39 is 0 Å². The molecule has 0 atom stereocenters. The van der Waals surface area contributed by atoms with Crippen LogP contribution in [0.25, 0.3) is 0 Å². The molecule has 0 N–H and O–H groups in total. The maximum atomic E-state index is 8.61. The maximum Gasteiger partial charge on any atom is 0.147 e. The maximum absolute atomic E-state index is 8.61. The Hall–Kier alpha value is -1.31. The van der Waals surface area contributed by atoms with Gasteiger partial charge < -0.3 is 4.90 Å². The number of anilines is 1. The van der Waals surface area contributed by atoms with Crippen molar-refractivity contribution in [2.75, 3.05) is 37.6 Å². The van der Waals surface area contributed by atoms with Crippen molar-refractivity contribution in [3.8, 4) is 6.07 Å². The second-order valence-electron chi connectivity index (χ2n) is 3.73. The first-order chi connectivity index (χ1) is 7.81. The number of hydrogen-bond donors (Lipinski definition) is 0. The zero-order valence-electron chi connectivity index (χ0n) is 8.93. The number of hydrogen-bond acceptors (Lipinski definition) is 4. The van der Waals surface area contributed by atoms with E-state index in [4.69, 9.17) is 16.9 Å². The first-order valence-electron chi connectivity index (χ1n) is 5.26. The van der Waals surface area contributed by atoms with Gasteiger partial charge in [-0.25, -0.2) is 4.98 Å². The molecular formula is C11H13ClN4. The third-order valence-corrected chi connectivity index (χ3v) is 3.00. The summed E-state index contributed by atoms with van der Waals surface area (Å²) in [6.45, 7) is 4.03. The molecule has 1 aromatic rings. The first kappa shape index (κ1) is 11.2. The molecule has 2 rings (SSSR count). The monoisotopic (exact) mass is 236 g/mol. The van der Waals surface area contributed by atoms with Gasteiger partial charge in [0.05, 0.1) is 17.6 Å². The van der Waals surface area contributed by atoms with Crippen LogP contribution >= 0.6 is 11.6 Å². The average Bonchev–Trinajstić information content (AvgIpc) is 2.31. The predicted molar refractivity (Wildman–Crippen MR) is 63.5 cm³/mol. The summed E-state index contributed by atoms with van der Waals surface area (Å²) < 4.78 is 0. The number of aromatic nitrogens is 1. The zero-order valence-corrected chi connectivity index (χ0v) is 9.69. The molecule has 16 heavy (non-hydrogen) atoms. The Bertz CT molecular complexity index is 393. The number of piperazine rings is 1. The minimum absolute atomic E-state index is 0.504. The molecular weight excluding hydrogens is 224 g/mol. The van der Waals surface area contributed by atoms with Crippen LogP contribution in [0.5, 0.6) is 0 Å². The van der Waals surface area contributed by atoms with Gasteiger partial charge in [0, 0.05) is 32.4 Å². The van der Waals surface area contributed by atoms with Crippen molar-refractivity contribution in [3.05, 3.63) is 23.4 Å². The van der Waals surface area contributed by atoms with Gasteiger partial charge in [-0.2, -0.15) is 5.26 Å². The van der Waals surface area contributed by atoms with Crippen molar-refractivity contribution in [1.82, 2.24) is 9.88 Å². The Labute approximate surface area is 100 Å². The number of nitrogens with zero attached hydrogens (tertiary/aromatic N) is 4. The van der Waals surface area contributed by atoms with Crippen LogP contribution < -0.4 is 4.90 Å². The molecule has 0 unspecified atom stereocenters. The Balaban J connectivity index is 2.00. The van der Waals surface area contributed by atoms with E-state index in [-0.39, 0.29) is 0 Å². The minimum atomic E-state index is 0.504. The molecule has 1 saturated heterocycles. The molecule has 0 bridgehead atoms. The molecule has 0 aliphatic carbocycles. The van der Waals surface area contributed by atoms with Crippen molar-refractivity contribution in [1.29, 1.82) is 5.26 Å². The quantitative estimate of drug-likeness (QED) is 0.728. The molecule has 5 heteroatoms. The van der Waals surface area contributed by atoms with Gasteiger partial charge in [0.15, 0.2) is 0 Å². The van der Waals surface area contributed by atoms with Gasteiger partial charge in [-0.1, -0.05) is 11.6 Å². The molecule has 1 fully saturated rings. The molecule has 0 spiro atoms. The third-order valence-electron chi connectivity index (χ3n) is 2.71. The molecule has 1 aliphatic heterocycles. The van der Waals surface area contributed by atoms with Gasteiger partial charge in [-0.3, -0.25) is 4.90 Å². The molecule has 0 radical (unpaired) electrons. The largest absolute Gasteiger partial charge is 0.353 e. The Morgan fingerprint density at radius 2 is 2.12 bits per heavy atom. The van der Waals surface area contributed by atoms with Crippen LogP contribution in [0.2, 0.25) is 5.02 Å². The lowest BCUT2D eigenvalue weighted by Crippen LogP contribution is -2.46. The molecule has 4 nitrogen and oxygen atoms in total. The molecule has 0 aromatic carbocycles. The highest BCUT2D eigenvalue weighted by Gasteiger charge is 2.18. The predicted octanol–water partition coefficient (Wildman–Crippen LogP) is 1.38. The van der Waals surface area contributed by atoms with Crippen molar-refractivity contribution in [2.45, 2.75) is 0 Å². The van der Waals surface area contributed by atoms with E-state index in [9.17, 15) is 0 Å². The highest BCUT2D eigenvalue weighted by molar-refractivity contribution is 6.32. The summed E-state index contributed by atoms with van der Waals surface area (Å²) >= 11 is 6.09. The van der Waals surface area contributed by atoms with Crippen LogP contribution in [0.4, 0.5) is 5.82 Å². The van der Waals surface area contributed by atoms with E-state index in [0.29, 0.717) is 11.6 Å². The van der Waals surface area contributed by atoms with Crippen LogP contribution in [-0.2, 0) is 0 Å². The van der Waals surface area contributed by atoms with Crippen LogP contribution in [-0.4, -0.2) is 42.6 Å². The topological polar surface area (TPSA) is 43.2 Å². The number of nitriles is 1. The highest BCUT2D eigenvalue weighted by atomic mass is 35.5. The fraction of sp³-hybridized carbons (Fsp3) is 0.455. The van der Waals surface area contributed by atoms with Gasteiger partial charge >= 0.3 is 0 Å². The lowest BCUT2D eigenvalue weighted by molar-refractivity contribution is 0.286. The van der Waals surface area contributed by atoms with Gasteiger partial charge in [-0.15, -0.1) is 0 Å². The first-order valence-corrected chi connectivity index (χ1v) is 5.64. The van der Waals surface area contributed by atoms with Crippen LogP contribution in [0, 0.1) is 11.3 Å². The Morgan fingerprint density at radius 3 is 2.75 bits per heavy atom. The molecule has 1 aliphatic rings. The summed E-state index contributed by atoms with van der Waals surface area (Å²) in [6, 6.07) is 5.85. The summed E-state index contributed by atoms with van der Waals surface area (Å²) in [5.41, 5.74) is 0. The summed E-state index contributed by atoms with van der Waals surface area (Å²) in [5.74, 6) is 0.848. The lowest BCUT2D eigenvalue weighted by Gasteiger charge is -2.34. The fourth-order valence-electron chi connectivity index (χ4n) is 1.83. The van der Waals surface area contributed by atoms with Gasteiger partial charge in [-0.05, 0) is 12.1 Å². The van der Waals surface area contributed by atoms with Gasteiger partial charge in [0.25, 0.3) is 0 Å². The SMILES string of the molecule is N#CCN1CCN(c2ncccc2Cl)CC1.